The lowest BCUT2D eigenvalue weighted by molar-refractivity contribution is 0.110. The smallest absolute Gasteiger partial charge is 0.329 e. The molecule has 1 aliphatic carbocycles. The predicted molar refractivity (Wildman–Crippen MR) is 152 cm³/mol. The zero-order valence-corrected chi connectivity index (χ0v) is 23.3. The maximum atomic E-state index is 13.1. The summed E-state index contributed by atoms with van der Waals surface area (Å²) in [5.74, 6) is 0.663. The molecule has 0 spiro atoms. The van der Waals surface area contributed by atoms with Gasteiger partial charge in [-0.2, -0.15) is 0 Å². The van der Waals surface area contributed by atoms with E-state index in [4.69, 9.17) is 4.74 Å². The highest BCUT2D eigenvalue weighted by molar-refractivity contribution is 7.98. The highest BCUT2D eigenvalue weighted by Gasteiger charge is 2.25. The molecule has 0 radical (unpaired) electrons. The summed E-state index contributed by atoms with van der Waals surface area (Å²) in [4.78, 5) is 22.5. The number of nitrogens with one attached hydrogen (secondary N) is 2. The molecule has 0 saturated carbocycles. The molecule has 3 aliphatic rings. The van der Waals surface area contributed by atoms with Gasteiger partial charge in [-0.3, -0.25) is 4.72 Å². The van der Waals surface area contributed by atoms with E-state index in [-0.39, 0.29) is 12.1 Å². The maximum Gasteiger partial charge on any atom is 0.329 e. The van der Waals surface area contributed by atoms with E-state index in [0.717, 1.165) is 94.5 Å². The van der Waals surface area contributed by atoms with Crippen LogP contribution in [-0.4, -0.2) is 71.9 Å². The number of aromatic nitrogens is 1. The van der Waals surface area contributed by atoms with E-state index in [0.29, 0.717) is 11.1 Å². The Morgan fingerprint density at radius 1 is 1.14 bits per heavy atom. The van der Waals surface area contributed by atoms with E-state index in [1.807, 2.05) is 18.3 Å². The Kier molecular flexibility index (Phi) is 8.57. The first-order valence-corrected chi connectivity index (χ1v) is 14.8. The average molecular weight is 524 g/mol. The predicted octanol–water partition coefficient (Wildman–Crippen LogP) is 5.27. The number of hydrogen-bond acceptors (Lipinski definition) is 6. The first kappa shape index (κ1) is 26.3. The van der Waals surface area contributed by atoms with Gasteiger partial charge in [0.25, 0.3) is 0 Å². The largest absolute Gasteiger partial charge is 0.474 e. The van der Waals surface area contributed by atoms with Crippen LogP contribution in [0, 0.1) is 6.92 Å². The van der Waals surface area contributed by atoms with Crippen LogP contribution in [0.3, 0.4) is 0 Å². The molecular weight excluding hydrogens is 482 g/mol. The summed E-state index contributed by atoms with van der Waals surface area (Å²) in [7, 11) is 2.16. The molecule has 2 aromatic rings. The van der Waals surface area contributed by atoms with Crippen molar-refractivity contribution < 1.29 is 9.53 Å². The van der Waals surface area contributed by atoms with Crippen LogP contribution in [-0.2, 0) is 12.8 Å². The van der Waals surface area contributed by atoms with E-state index in [1.165, 1.54) is 16.7 Å². The minimum atomic E-state index is -0.138. The number of benzene rings is 1. The lowest BCUT2D eigenvalue weighted by Crippen LogP contribution is -2.36. The highest BCUT2D eigenvalue weighted by atomic mass is 32.2. The van der Waals surface area contributed by atoms with Gasteiger partial charge >= 0.3 is 6.03 Å². The van der Waals surface area contributed by atoms with E-state index < -0.39 is 0 Å². The van der Waals surface area contributed by atoms with Gasteiger partial charge in [0.05, 0.1) is 5.69 Å². The number of anilines is 1. The number of pyridine rings is 1. The van der Waals surface area contributed by atoms with Crippen molar-refractivity contribution in [2.24, 2.45) is 0 Å². The zero-order chi connectivity index (χ0) is 25.8. The number of aryl methyl sites for hydroxylation is 2. The fourth-order valence-corrected chi connectivity index (χ4v) is 6.70. The number of carbonyl (C=O) groups is 1. The van der Waals surface area contributed by atoms with Crippen LogP contribution in [0.15, 0.2) is 24.4 Å². The van der Waals surface area contributed by atoms with E-state index in [1.54, 1.807) is 11.9 Å². The number of amides is 2. The third kappa shape index (κ3) is 6.41. The van der Waals surface area contributed by atoms with Crippen LogP contribution in [0.5, 0.6) is 5.88 Å². The van der Waals surface area contributed by atoms with E-state index in [9.17, 15) is 4.79 Å². The Balaban J connectivity index is 1.33. The molecule has 37 heavy (non-hydrogen) atoms. The molecule has 2 amide bonds. The van der Waals surface area contributed by atoms with Gasteiger partial charge < -0.3 is 19.9 Å². The van der Waals surface area contributed by atoms with Gasteiger partial charge in [0.15, 0.2) is 0 Å². The first-order chi connectivity index (χ1) is 18.0. The molecule has 2 aliphatic heterocycles. The number of hydrogen-bond donors (Lipinski definition) is 2. The number of ether oxygens (including phenoxy) is 1. The number of fused-ring (bicyclic) bond motifs is 1. The van der Waals surface area contributed by atoms with Crippen LogP contribution in [0.4, 0.5) is 10.5 Å². The van der Waals surface area contributed by atoms with E-state index >= 15 is 0 Å². The van der Waals surface area contributed by atoms with Gasteiger partial charge in [-0.25, -0.2) is 9.78 Å². The molecule has 2 saturated heterocycles. The zero-order valence-electron chi connectivity index (χ0n) is 22.5. The second-order valence-corrected chi connectivity index (χ2v) is 11.9. The molecule has 3 heterocycles. The number of nitrogens with zero attached hydrogens (tertiary/aromatic N) is 3. The average Bonchev–Trinajstić information content (AvgIpc) is 3.38. The van der Waals surface area contributed by atoms with Gasteiger partial charge in [0.1, 0.15) is 6.10 Å². The molecule has 0 atom stereocenters. The molecule has 200 valence electrons. The summed E-state index contributed by atoms with van der Waals surface area (Å²) in [6.45, 7) is 9.77. The van der Waals surface area contributed by atoms with Crippen LogP contribution in [0.25, 0.3) is 11.1 Å². The molecule has 8 heteroatoms. The Labute approximate surface area is 225 Å². The van der Waals surface area contributed by atoms with Gasteiger partial charge in [0, 0.05) is 36.2 Å². The highest BCUT2D eigenvalue weighted by Crippen LogP contribution is 2.41. The molecule has 2 fully saturated rings. The topological polar surface area (TPSA) is 69.7 Å². The standard InChI is InChI=1S/C29H41N5O2S/c1-4-34-16-11-24(12-17-34)37-32-29(35)31-28-25-7-5-6-21(25)18-20(2)27(28)22-8-13-30-26(19-22)36-23-9-14-33(3)15-10-23/h8,13,18-19,23-24H,4-7,9-12,14-17H2,1-3H3,(H2,31,32,35). The minimum absolute atomic E-state index is 0.138. The van der Waals surface area contributed by atoms with Crippen molar-refractivity contribution in [2.45, 2.75) is 70.1 Å². The summed E-state index contributed by atoms with van der Waals surface area (Å²) in [5.41, 5.74) is 6.86. The molecule has 5 rings (SSSR count). The van der Waals surface area contributed by atoms with Crippen LogP contribution < -0.4 is 14.8 Å². The molecule has 7 nitrogen and oxygen atoms in total. The summed E-state index contributed by atoms with van der Waals surface area (Å²) in [5, 5.41) is 3.74. The minimum Gasteiger partial charge on any atom is -0.474 e. The number of carbonyl (C=O) groups excluding carboxylic acids is 1. The quantitative estimate of drug-likeness (QED) is 0.482. The van der Waals surface area contributed by atoms with Crippen LogP contribution >= 0.6 is 11.9 Å². The van der Waals surface area contributed by atoms with Gasteiger partial charge in [0.2, 0.25) is 5.88 Å². The lowest BCUT2D eigenvalue weighted by Gasteiger charge is -2.30. The van der Waals surface area contributed by atoms with Crippen molar-refractivity contribution >= 4 is 23.7 Å². The second kappa shape index (κ2) is 12.0. The van der Waals surface area contributed by atoms with Crippen molar-refractivity contribution in [3.8, 4) is 17.0 Å². The fourth-order valence-electron chi connectivity index (χ4n) is 5.93. The Hall–Kier alpha value is -2.29. The SMILES string of the molecule is CCN1CCC(SNC(=O)Nc2c3c(cc(C)c2-c2ccnc(OC4CCN(C)CC4)c2)CCC3)CC1. The summed E-state index contributed by atoms with van der Waals surface area (Å²) in [6.07, 6.45) is 9.47. The second-order valence-electron chi connectivity index (χ2n) is 10.7. The van der Waals surface area contributed by atoms with Crippen molar-refractivity contribution in [1.82, 2.24) is 19.5 Å². The Morgan fingerprint density at radius 2 is 1.92 bits per heavy atom. The Bertz CT molecular complexity index is 1090. The monoisotopic (exact) mass is 523 g/mol. The number of piperidine rings is 2. The molecular formula is C29H41N5O2S. The molecule has 0 unspecified atom stereocenters. The lowest BCUT2D eigenvalue weighted by atomic mass is 9.93. The van der Waals surface area contributed by atoms with Crippen LogP contribution in [0.1, 0.15) is 55.7 Å². The van der Waals surface area contributed by atoms with Crippen molar-refractivity contribution in [3.63, 3.8) is 0 Å². The summed E-state index contributed by atoms with van der Waals surface area (Å²) in [6, 6.07) is 6.24. The molecule has 1 aromatic carbocycles. The third-order valence-electron chi connectivity index (χ3n) is 8.11. The van der Waals surface area contributed by atoms with Crippen molar-refractivity contribution in [2.75, 3.05) is 45.1 Å². The van der Waals surface area contributed by atoms with Crippen LogP contribution in [0.2, 0.25) is 0 Å². The van der Waals surface area contributed by atoms with Gasteiger partial charge in [-0.05, 0) is 119 Å². The van der Waals surface area contributed by atoms with Gasteiger partial charge in [-0.15, -0.1) is 0 Å². The normalized spacial score (nSPS) is 19.5. The third-order valence-corrected chi connectivity index (χ3v) is 9.22. The van der Waals surface area contributed by atoms with E-state index in [2.05, 4.69) is 51.8 Å². The number of likely N-dealkylation sites (tertiary alicyclic amines) is 2. The molecule has 1 aromatic heterocycles. The summed E-state index contributed by atoms with van der Waals surface area (Å²) >= 11 is 1.58. The maximum absolute atomic E-state index is 13.1. The van der Waals surface area contributed by atoms with Gasteiger partial charge in [-0.1, -0.05) is 13.0 Å². The summed E-state index contributed by atoms with van der Waals surface area (Å²) < 4.78 is 9.40. The number of rotatable bonds is 7. The molecule has 0 bridgehead atoms. The van der Waals surface area contributed by atoms with Crippen molar-refractivity contribution in [1.29, 1.82) is 0 Å². The fraction of sp³-hybridized carbons (Fsp3) is 0.586. The Morgan fingerprint density at radius 3 is 2.68 bits per heavy atom. The first-order valence-electron chi connectivity index (χ1n) is 13.9. The molecule has 2 N–H and O–H groups in total. The number of urea groups is 1. The van der Waals surface area contributed by atoms with Crippen molar-refractivity contribution in [3.05, 3.63) is 41.1 Å².